The van der Waals surface area contributed by atoms with Crippen molar-refractivity contribution in [1.29, 1.82) is 0 Å². The lowest BCUT2D eigenvalue weighted by molar-refractivity contribution is -0.176. The fourth-order valence-corrected chi connectivity index (χ4v) is 1.000. The predicted molar refractivity (Wildman–Crippen MR) is 51.5 cm³/mol. The van der Waals surface area contributed by atoms with Crippen LogP contribution < -0.4 is 5.32 Å². The van der Waals surface area contributed by atoms with Crippen LogP contribution in [0, 0.1) is 0 Å². The Kier molecular flexibility index (Phi) is 6.14. The van der Waals surface area contributed by atoms with Crippen LogP contribution in [0.5, 0.6) is 0 Å². The summed E-state index contributed by atoms with van der Waals surface area (Å²) in [4.78, 5) is 32.1. The first kappa shape index (κ1) is 16.2. The molecule has 6 nitrogen and oxygen atoms in total. The number of hydrogen-bond donors (Lipinski definition) is 2. The van der Waals surface area contributed by atoms with Crippen LogP contribution in [0.2, 0.25) is 0 Å². The van der Waals surface area contributed by atoms with Gasteiger partial charge in [-0.2, -0.15) is 13.2 Å². The summed E-state index contributed by atoms with van der Waals surface area (Å²) in [6.45, 7) is 1.34. The minimum Gasteiger partial charge on any atom is -0.481 e. The van der Waals surface area contributed by atoms with Gasteiger partial charge in [0.15, 0.2) is 0 Å². The summed E-state index contributed by atoms with van der Waals surface area (Å²) < 4.78 is 40.4. The number of halogens is 3. The number of alkyl halides is 3. The number of carboxylic acid groups (broad SMARTS) is 1. The zero-order valence-corrected chi connectivity index (χ0v) is 9.41. The Hall–Kier alpha value is -1.80. The highest BCUT2D eigenvalue weighted by Crippen LogP contribution is 2.15. The highest BCUT2D eigenvalue weighted by atomic mass is 19.4. The number of carbonyl (C=O) groups is 3. The summed E-state index contributed by atoms with van der Waals surface area (Å²) in [5.41, 5.74) is 0. The number of carbonyl (C=O) groups excluding carboxylic acids is 2. The van der Waals surface area contributed by atoms with Crippen molar-refractivity contribution < 1.29 is 37.4 Å². The number of carboxylic acids is 1. The van der Waals surface area contributed by atoms with E-state index < -0.39 is 42.9 Å². The number of nitrogens with one attached hydrogen (secondary N) is 1. The van der Waals surface area contributed by atoms with E-state index in [9.17, 15) is 27.6 Å². The number of ether oxygens (including phenoxy) is 1. The van der Waals surface area contributed by atoms with Crippen molar-refractivity contribution in [2.45, 2.75) is 32.0 Å². The van der Waals surface area contributed by atoms with E-state index in [0.29, 0.717) is 0 Å². The molecule has 0 spiro atoms. The molecule has 2 N–H and O–H groups in total. The average molecular weight is 271 g/mol. The second kappa shape index (κ2) is 6.82. The zero-order chi connectivity index (χ0) is 14.3. The summed E-state index contributed by atoms with van der Waals surface area (Å²) in [6, 6.07) is -1.63. The Labute approximate surface area is 100 Å². The Bertz CT molecular complexity index is 329. The van der Waals surface area contributed by atoms with E-state index in [4.69, 9.17) is 5.11 Å². The van der Waals surface area contributed by atoms with Crippen LogP contribution in [0.3, 0.4) is 0 Å². The number of amides is 1. The van der Waals surface area contributed by atoms with Crippen LogP contribution in [0.4, 0.5) is 13.2 Å². The van der Waals surface area contributed by atoms with Crippen LogP contribution in [0.1, 0.15) is 19.8 Å². The van der Waals surface area contributed by atoms with Crippen LogP contribution in [-0.4, -0.2) is 41.8 Å². The first-order chi connectivity index (χ1) is 8.18. The molecule has 0 saturated carbocycles. The van der Waals surface area contributed by atoms with E-state index in [1.54, 1.807) is 0 Å². The number of esters is 1. The van der Waals surface area contributed by atoms with Crippen LogP contribution >= 0.6 is 0 Å². The highest BCUT2D eigenvalue weighted by molar-refractivity contribution is 5.87. The molecule has 0 aliphatic carbocycles. The Morgan fingerprint density at radius 2 is 1.89 bits per heavy atom. The number of aliphatic carboxylic acids is 1. The van der Waals surface area contributed by atoms with E-state index in [1.165, 1.54) is 12.2 Å². The molecule has 0 aromatic carbocycles. The van der Waals surface area contributed by atoms with Crippen molar-refractivity contribution in [3.05, 3.63) is 0 Å². The fraction of sp³-hybridized carbons (Fsp3) is 0.667. The summed E-state index contributed by atoms with van der Waals surface area (Å²) in [7, 11) is 0. The van der Waals surface area contributed by atoms with Crippen LogP contribution in [0.25, 0.3) is 0 Å². The van der Waals surface area contributed by atoms with E-state index in [0.717, 1.165) is 0 Å². The summed E-state index contributed by atoms with van der Waals surface area (Å²) in [5, 5.41) is 9.78. The lowest BCUT2D eigenvalue weighted by Crippen LogP contribution is -2.47. The van der Waals surface area contributed by atoms with Gasteiger partial charge in [-0.25, -0.2) is 4.79 Å². The molecule has 0 bridgehead atoms. The third-order valence-electron chi connectivity index (χ3n) is 1.78. The van der Waals surface area contributed by atoms with Gasteiger partial charge in [-0.05, 0) is 13.3 Å². The Morgan fingerprint density at radius 3 is 2.28 bits per heavy atom. The van der Waals surface area contributed by atoms with Crippen LogP contribution in [0.15, 0.2) is 0 Å². The number of hydrogen-bond acceptors (Lipinski definition) is 4. The van der Waals surface area contributed by atoms with Gasteiger partial charge in [-0.1, -0.05) is 0 Å². The lowest BCUT2D eigenvalue weighted by Gasteiger charge is -2.17. The number of rotatable bonds is 6. The minimum atomic E-state index is -5.14. The Morgan fingerprint density at radius 1 is 1.33 bits per heavy atom. The molecule has 0 fully saturated rings. The van der Waals surface area contributed by atoms with Crippen molar-refractivity contribution in [2.75, 3.05) is 6.61 Å². The molecule has 0 radical (unpaired) electrons. The van der Waals surface area contributed by atoms with Crippen molar-refractivity contribution in [3.8, 4) is 0 Å². The molecule has 0 unspecified atom stereocenters. The molecule has 0 heterocycles. The first-order valence-electron chi connectivity index (χ1n) is 4.94. The van der Waals surface area contributed by atoms with Crippen molar-refractivity contribution in [3.63, 3.8) is 0 Å². The smallest absolute Gasteiger partial charge is 0.471 e. The summed E-state index contributed by atoms with van der Waals surface area (Å²) in [5.74, 6) is -4.71. The maximum Gasteiger partial charge on any atom is 0.471 e. The van der Waals surface area contributed by atoms with E-state index in [1.807, 2.05) is 0 Å². The molecule has 104 valence electrons. The standard InChI is InChI=1S/C9H12F3NO5/c1-2-18-7(16)5(3-4-6(14)15)13-8(17)9(10,11)12/h5H,2-4H2,1H3,(H,13,17)(H,14,15)/t5-/m1/s1. The maximum absolute atomic E-state index is 12.0. The summed E-state index contributed by atoms with van der Waals surface area (Å²) >= 11 is 0. The molecule has 0 rings (SSSR count). The second-order valence-electron chi connectivity index (χ2n) is 3.21. The van der Waals surface area contributed by atoms with Gasteiger partial charge in [0.2, 0.25) is 0 Å². The predicted octanol–water partition coefficient (Wildman–Crippen LogP) is 0.461. The fourth-order valence-electron chi connectivity index (χ4n) is 1.000. The van der Waals surface area contributed by atoms with Gasteiger partial charge in [-0.3, -0.25) is 9.59 Å². The third-order valence-corrected chi connectivity index (χ3v) is 1.78. The van der Waals surface area contributed by atoms with Crippen molar-refractivity contribution in [1.82, 2.24) is 5.32 Å². The maximum atomic E-state index is 12.0. The molecular formula is C9H12F3NO5. The molecule has 18 heavy (non-hydrogen) atoms. The molecular weight excluding hydrogens is 259 g/mol. The summed E-state index contributed by atoms with van der Waals surface area (Å²) in [6.07, 6.45) is -6.19. The molecule has 1 atom stereocenters. The van der Waals surface area contributed by atoms with Gasteiger partial charge in [0.25, 0.3) is 0 Å². The van der Waals surface area contributed by atoms with Crippen LogP contribution in [-0.2, 0) is 19.1 Å². The third kappa shape index (κ3) is 6.06. The molecule has 0 saturated heterocycles. The molecule has 1 amide bonds. The van der Waals surface area contributed by atoms with Gasteiger partial charge in [0.05, 0.1) is 6.61 Å². The van der Waals surface area contributed by atoms with Gasteiger partial charge < -0.3 is 15.2 Å². The monoisotopic (exact) mass is 271 g/mol. The topological polar surface area (TPSA) is 92.7 Å². The first-order valence-corrected chi connectivity index (χ1v) is 4.94. The van der Waals surface area contributed by atoms with Gasteiger partial charge in [0, 0.05) is 6.42 Å². The zero-order valence-electron chi connectivity index (χ0n) is 9.41. The largest absolute Gasteiger partial charge is 0.481 e. The molecule has 0 aliphatic heterocycles. The average Bonchev–Trinajstić information content (AvgIpc) is 2.22. The SMILES string of the molecule is CCOC(=O)[C@@H](CCC(=O)O)NC(=O)C(F)(F)F. The molecule has 9 heteroatoms. The van der Waals surface area contributed by atoms with Gasteiger partial charge in [0.1, 0.15) is 6.04 Å². The molecule has 0 aliphatic rings. The van der Waals surface area contributed by atoms with Gasteiger partial charge in [-0.15, -0.1) is 0 Å². The Balaban J connectivity index is 4.61. The van der Waals surface area contributed by atoms with E-state index >= 15 is 0 Å². The highest BCUT2D eigenvalue weighted by Gasteiger charge is 2.41. The van der Waals surface area contributed by atoms with E-state index in [2.05, 4.69) is 4.74 Å². The second-order valence-corrected chi connectivity index (χ2v) is 3.21. The normalized spacial score (nSPS) is 12.7. The molecule has 0 aromatic rings. The molecule has 0 aromatic heterocycles. The van der Waals surface area contributed by atoms with Crippen molar-refractivity contribution >= 4 is 17.8 Å². The van der Waals surface area contributed by atoms with Crippen molar-refractivity contribution in [2.24, 2.45) is 0 Å². The van der Waals surface area contributed by atoms with E-state index in [-0.39, 0.29) is 6.61 Å². The lowest BCUT2D eigenvalue weighted by atomic mass is 10.1. The van der Waals surface area contributed by atoms with Gasteiger partial charge >= 0.3 is 24.0 Å². The minimum absolute atomic E-state index is 0.0930. The quantitative estimate of drug-likeness (QED) is 0.685.